The van der Waals surface area contributed by atoms with Gasteiger partial charge in [-0.25, -0.2) is 9.78 Å². The van der Waals surface area contributed by atoms with Crippen LogP contribution in [0.5, 0.6) is 0 Å². The largest absolute Gasteiger partial charge is 0.461 e. The summed E-state index contributed by atoms with van der Waals surface area (Å²) in [5, 5.41) is 3.60. The van der Waals surface area contributed by atoms with E-state index < -0.39 is 0 Å². The summed E-state index contributed by atoms with van der Waals surface area (Å²) in [6.45, 7) is 3.83. The van der Waals surface area contributed by atoms with Crippen LogP contribution in [0.15, 0.2) is 12.5 Å². The third kappa shape index (κ3) is 4.34. The average Bonchev–Trinajstić information content (AvgIpc) is 2.75. The van der Waals surface area contributed by atoms with Crippen molar-refractivity contribution in [3.05, 3.63) is 18.2 Å². The van der Waals surface area contributed by atoms with Crippen molar-refractivity contribution in [2.75, 3.05) is 13.2 Å². The Balaban J connectivity index is 1.79. The minimum absolute atomic E-state index is 0.292. The van der Waals surface area contributed by atoms with Crippen molar-refractivity contribution in [2.45, 2.75) is 58.0 Å². The fourth-order valence-electron chi connectivity index (χ4n) is 2.75. The van der Waals surface area contributed by atoms with Gasteiger partial charge in [-0.2, -0.15) is 0 Å². The summed E-state index contributed by atoms with van der Waals surface area (Å²) in [5.41, 5.74) is 0.537. The molecule has 0 radical (unpaired) electrons. The van der Waals surface area contributed by atoms with E-state index in [2.05, 4.69) is 10.3 Å². The lowest BCUT2D eigenvalue weighted by Gasteiger charge is -2.16. The van der Waals surface area contributed by atoms with Crippen molar-refractivity contribution in [2.24, 2.45) is 0 Å². The van der Waals surface area contributed by atoms with Crippen molar-refractivity contribution in [3.8, 4) is 0 Å². The molecule has 0 aliphatic heterocycles. The van der Waals surface area contributed by atoms with Crippen LogP contribution < -0.4 is 5.32 Å². The molecule has 112 valence electrons. The maximum Gasteiger partial charge on any atom is 0.356 e. The van der Waals surface area contributed by atoms with E-state index in [4.69, 9.17) is 4.74 Å². The second kappa shape index (κ2) is 8.04. The molecule has 0 bridgehead atoms. The smallest absolute Gasteiger partial charge is 0.356 e. The maximum absolute atomic E-state index is 11.7. The number of nitrogens with zero attached hydrogens (tertiary/aromatic N) is 2. The quantitative estimate of drug-likeness (QED) is 0.641. The minimum Gasteiger partial charge on any atom is -0.461 e. The molecule has 0 spiro atoms. The highest BCUT2D eigenvalue weighted by atomic mass is 16.5. The molecule has 1 saturated carbocycles. The van der Waals surface area contributed by atoms with Crippen molar-refractivity contribution in [1.29, 1.82) is 0 Å². The molecular formula is C15H25N3O2. The van der Waals surface area contributed by atoms with E-state index >= 15 is 0 Å². The number of nitrogens with one attached hydrogen (secondary N) is 1. The Morgan fingerprint density at radius 1 is 1.40 bits per heavy atom. The number of carbonyl (C=O) groups is 1. The van der Waals surface area contributed by atoms with Crippen molar-refractivity contribution >= 4 is 5.97 Å². The van der Waals surface area contributed by atoms with Crippen LogP contribution in [0.2, 0.25) is 0 Å². The topological polar surface area (TPSA) is 56.1 Å². The molecule has 0 saturated heterocycles. The number of carbonyl (C=O) groups excluding carboxylic acids is 1. The first-order valence-corrected chi connectivity index (χ1v) is 7.72. The number of aromatic nitrogens is 2. The Morgan fingerprint density at radius 3 is 2.85 bits per heavy atom. The lowest BCUT2D eigenvalue weighted by atomic mass is 10.1. The minimum atomic E-state index is -0.292. The number of rotatable bonds is 6. The zero-order chi connectivity index (χ0) is 14.2. The highest BCUT2D eigenvalue weighted by molar-refractivity contribution is 5.87. The third-order valence-electron chi connectivity index (χ3n) is 3.84. The van der Waals surface area contributed by atoms with Gasteiger partial charge in [0.1, 0.15) is 5.69 Å². The monoisotopic (exact) mass is 279 g/mol. The summed E-state index contributed by atoms with van der Waals surface area (Å²) in [5.74, 6) is -0.292. The lowest BCUT2D eigenvalue weighted by Crippen LogP contribution is -2.31. The molecule has 1 aliphatic rings. The molecule has 2 rings (SSSR count). The normalized spacial score (nSPS) is 16.9. The average molecular weight is 279 g/mol. The Kier molecular flexibility index (Phi) is 6.05. The Bertz CT molecular complexity index is 409. The zero-order valence-corrected chi connectivity index (χ0v) is 12.3. The van der Waals surface area contributed by atoms with Gasteiger partial charge < -0.3 is 14.6 Å². The molecule has 0 aromatic carbocycles. The van der Waals surface area contributed by atoms with E-state index in [0.29, 0.717) is 18.3 Å². The van der Waals surface area contributed by atoms with Crippen molar-refractivity contribution in [3.63, 3.8) is 0 Å². The summed E-state index contributed by atoms with van der Waals surface area (Å²) in [4.78, 5) is 15.8. The van der Waals surface area contributed by atoms with Gasteiger partial charge in [0, 0.05) is 19.1 Å². The molecule has 1 aliphatic carbocycles. The van der Waals surface area contributed by atoms with Crippen molar-refractivity contribution in [1.82, 2.24) is 14.9 Å². The SMILES string of the molecule is CCOC(=O)c1cncn1CCNC1CCCCCC1. The van der Waals surface area contributed by atoms with Crippen LogP contribution in [0, 0.1) is 0 Å². The van der Waals surface area contributed by atoms with E-state index in [1.807, 2.05) is 11.5 Å². The number of hydrogen-bond acceptors (Lipinski definition) is 4. The third-order valence-corrected chi connectivity index (χ3v) is 3.84. The summed E-state index contributed by atoms with van der Waals surface area (Å²) < 4.78 is 6.88. The van der Waals surface area contributed by atoms with Gasteiger partial charge in [-0.3, -0.25) is 0 Å². The standard InChI is InChI=1S/C15H25N3O2/c1-2-20-15(19)14-11-16-12-18(14)10-9-17-13-7-5-3-4-6-8-13/h11-13,17H,2-10H2,1H3. The van der Waals surface area contributed by atoms with Crippen LogP contribution >= 0.6 is 0 Å². The number of esters is 1. The van der Waals surface area contributed by atoms with E-state index in [1.165, 1.54) is 38.5 Å². The van der Waals surface area contributed by atoms with Crippen molar-refractivity contribution < 1.29 is 9.53 Å². The van der Waals surface area contributed by atoms with Gasteiger partial charge in [0.25, 0.3) is 0 Å². The highest BCUT2D eigenvalue weighted by Crippen LogP contribution is 2.17. The maximum atomic E-state index is 11.7. The molecule has 5 nitrogen and oxygen atoms in total. The van der Waals surface area contributed by atoms with Crippen LogP contribution in [0.1, 0.15) is 55.9 Å². The van der Waals surface area contributed by atoms with Crippen LogP contribution in [-0.4, -0.2) is 34.7 Å². The number of imidazole rings is 1. The summed E-state index contributed by atoms with van der Waals surface area (Å²) in [6.07, 6.45) is 11.2. The summed E-state index contributed by atoms with van der Waals surface area (Å²) in [6, 6.07) is 0.632. The molecule has 20 heavy (non-hydrogen) atoms. The molecular weight excluding hydrogens is 254 g/mol. The fourth-order valence-corrected chi connectivity index (χ4v) is 2.75. The van der Waals surface area contributed by atoms with Gasteiger partial charge in [0.2, 0.25) is 0 Å². The molecule has 1 fully saturated rings. The van der Waals surface area contributed by atoms with Crippen LogP contribution in [0.3, 0.4) is 0 Å². The molecule has 0 unspecified atom stereocenters. The molecule has 5 heteroatoms. The van der Waals surface area contributed by atoms with Gasteiger partial charge >= 0.3 is 5.97 Å². The zero-order valence-electron chi connectivity index (χ0n) is 12.3. The van der Waals surface area contributed by atoms with Gasteiger partial charge in [-0.05, 0) is 19.8 Å². The predicted octanol–water partition coefficient (Wildman–Crippen LogP) is 2.37. The van der Waals surface area contributed by atoms with Crippen LogP contribution in [0.4, 0.5) is 0 Å². The van der Waals surface area contributed by atoms with Crippen LogP contribution in [0.25, 0.3) is 0 Å². The van der Waals surface area contributed by atoms with E-state index in [1.54, 1.807) is 12.5 Å². The number of ether oxygens (including phenoxy) is 1. The molecule has 0 amide bonds. The number of hydrogen-bond donors (Lipinski definition) is 1. The second-order valence-corrected chi connectivity index (χ2v) is 5.34. The van der Waals surface area contributed by atoms with Gasteiger partial charge in [-0.1, -0.05) is 25.7 Å². The van der Waals surface area contributed by atoms with E-state index in [0.717, 1.165) is 13.1 Å². The first-order valence-electron chi connectivity index (χ1n) is 7.72. The lowest BCUT2D eigenvalue weighted by molar-refractivity contribution is 0.0513. The second-order valence-electron chi connectivity index (χ2n) is 5.34. The first-order chi connectivity index (χ1) is 9.81. The van der Waals surface area contributed by atoms with E-state index in [-0.39, 0.29) is 5.97 Å². The first kappa shape index (κ1) is 15.0. The Hall–Kier alpha value is -1.36. The molecule has 1 aromatic heterocycles. The Labute approximate surface area is 120 Å². The summed E-state index contributed by atoms with van der Waals surface area (Å²) in [7, 11) is 0. The fraction of sp³-hybridized carbons (Fsp3) is 0.733. The molecule has 1 heterocycles. The Morgan fingerprint density at radius 2 is 2.15 bits per heavy atom. The van der Waals surface area contributed by atoms with Crippen LogP contribution in [-0.2, 0) is 11.3 Å². The highest BCUT2D eigenvalue weighted by Gasteiger charge is 2.14. The van der Waals surface area contributed by atoms with E-state index in [9.17, 15) is 4.79 Å². The molecule has 1 N–H and O–H groups in total. The predicted molar refractivity (Wildman–Crippen MR) is 77.7 cm³/mol. The van der Waals surface area contributed by atoms with Gasteiger partial charge in [-0.15, -0.1) is 0 Å². The summed E-state index contributed by atoms with van der Waals surface area (Å²) >= 11 is 0. The van der Waals surface area contributed by atoms with Gasteiger partial charge in [0.05, 0.1) is 19.1 Å². The molecule has 1 aromatic rings. The molecule has 0 atom stereocenters. The van der Waals surface area contributed by atoms with Gasteiger partial charge in [0.15, 0.2) is 0 Å².